The van der Waals surface area contributed by atoms with Crippen LogP contribution in [0.3, 0.4) is 0 Å². The van der Waals surface area contributed by atoms with Crippen molar-refractivity contribution in [2.75, 3.05) is 7.11 Å². The maximum absolute atomic E-state index is 11.9. The normalized spacial score (nSPS) is 10.7. The predicted molar refractivity (Wildman–Crippen MR) is 111 cm³/mol. The predicted octanol–water partition coefficient (Wildman–Crippen LogP) is 3.10. The molecule has 13 nitrogen and oxygen atoms in total. The minimum absolute atomic E-state index is 0.137. The molecule has 0 atom stereocenters. The van der Waals surface area contributed by atoms with E-state index >= 15 is 0 Å². The standard InChI is InChI=1S/C19H16N6O7/c1-11-7-14(22-21-11)19(26)23-20-10-12-3-5-17(18(8-12)31-2)32-16-6-4-13(24(27)28)9-15(16)25(29)30/h3-10H,1-2H3,(H,21,22)(H,23,26). The number of methoxy groups -OCH3 is 1. The molecule has 0 saturated heterocycles. The van der Waals surface area contributed by atoms with Crippen LogP contribution in [0.25, 0.3) is 0 Å². The summed E-state index contributed by atoms with van der Waals surface area (Å²) in [5.41, 5.74) is 2.78. The second kappa shape index (κ2) is 9.34. The summed E-state index contributed by atoms with van der Waals surface area (Å²) in [6.07, 6.45) is 1.36. The number of carbonyl (C=O) groups is 1. The van der Waals surface area contributed by atoms with Crippen molar-refractivity contribution in [1.82, 2.24) is 15.6 Å². The van der Waals surface area contributed by atoms with E-state index in [2.05, 4.69) is 20.7 Å². The lowest BCUT2D eigenvalue weighted by Crippen LogP contribution is -2.18. The summed E-state index contributed by atoms with van der Waals surface area (Å²) in [5, 5.41) is 32.5. The fourth-order valence-electron chi connectivity index (χ4n) is 2.57. The molecular formula is C19H16N6O7. The number of aryl methyl sites for hydroxylation is 1. The Labute approximate surface area is 180 Å². The van der Waals surface area contributed by atoms with Crippen molar-refractivity contribution in [3.05, 3.63) is 79.6 Å². The van der Waals surface area contributed by atoms with E-state index in [9.17, 15) is 25.0 Å². The molecule has 0 aliphatic rings. The van der Waals surface area contributed by atoms with Crippen LogP contribution in [-0.2, 0) is 0 Å². The molecular weight excluding hydrogens is 424 g/mol. The van der Waals surface area contributed by atoms with Gasteiger partial charge in [0, 0.05) is 11.8 Å². The first-order valence-electron chi connectivity index (χ1n) is 8.92. The number of carbonyl (C=O) groups excluding carboxylic acids is 1. The van der Waals surface area contributed by atoms with Gasteiger partial charge in [-0.3, -0.25) is 30.1 Å². The first-order chi connectivity index (χ1) is 15.3. The molecule has 3 aromatic rings. The lowest BCUT2D eigenvalue weighted by Gasteiger charge is -2.11. The summed E-state index contributed by atoms with van der Waals surface area (Å²) in [6, 6.07) is 9.19. The van der Waals surface area contributed by atoms with E-state index in [1.165, 1.54) is 25.5 Å². The van der Waals surface area contributed by atoms with Crippen LogP contribution in [0, 0.1) is 27.2 Å². The number of hydrogen-bond donors (Lipinski definition) is 2. The van der Waals surface area contributed by atoms with E-state index in [0.717, 1.165) is 23.9 Å². The number of hydrazone groups is 1. The van der Waals surface area contributed by atoms with Gasteiger partial charge in [0.2, 0.25) is 5.75 Å². The topological polar surface area (TPSA) is 175 Å². The molecule has 0 aliphatic carbocycles. The second-order valence-electron chi connectivity index (χ2n) is 6.31. The second-order valence-corrected chi connectivity index (χ2v) is 6.31. The third-order valence-corrected chi connectivity index (χ3v) is 4.08. The number of amides is 1. The lowest BCUT2D eigenvalue weighted by atomic mass is 10.2. The van der Waals surface area contributed by atoms with Gasteiger partial charge < -0.3 is 9.47 Å². The minimum atomic E-state index is -0.778. The highest BCUT2D eigenvalue weighted by molar-refractivity contribution is 5.93. The van der Waals surface area contributed by atoms with Crippen LogP contribution in [0.1, 0.15) is 21.7 Å². The number of H-pyrrole nitrogens is 1. The molecule has 1 aromatic heterocycles. The molecule has 0 saturated carbocycles. The van der Waals surface area contributed by atoms with E-state index < -0.39 is 27.1 Å². The average molecular weight is 440 g/mol. The van der Waals surface area contributed by atoms with Crippen molar-refractivity contribution in [2.24, 2.45) is 5.10 Å². The summed E-state index contributed by atoms with van der Waals surface area (Å²) in [5.74, 6) is -0.335. The summed E-state index contributed by atoms with van der Waals surface area (Å²) in [7, 11) is 1.37. The monoisotopic (exact) mass is 440 g/mol. The van der Waals surface area contributed by atoms with Crippen molar-refractivity contribution < 1.29 is 24.1 Å². The van der Waals surface area contributed by atoms with Crippen molar-refractivity contribution in [1.29, 1.82) is 0 Å². The Morgan fingerprint density at radius 1 is 1.09 bits per heavy atom. The Morgan fingerprint density at radius 3 is 2.47 bits per heavy atom. The summed E-state index contributed by atoms with van der Waals surface area (Å²) < 4.78 is 10.8. The van der Waals surface area contributed by atoms with Crippen LogP contribution in [0.5, 0.6) is 17.2 Å². The van der Waals surface area contributed by atoms with Crippen molar-refractivity contribution >= 4 is 23.5 Å². The first-order valence-corrected chi connectivity index (χ1v) is 8.92. The van der Waals surface area contributed by atoms with Crippen LogP contribution >= 0.6 is 0 Å². The Kier molecular flexibility index (Phi) is 6.39. The van der Waals surface area contributed by atoms with Crippen LogP contribution in [-0.4, -0.2) is 39.3 Å². The zero-order chi connectivity index (χ0) is 23.3. The first kappa shape index (κ1) is 21.9. The number of hydrogen-bond acceptors (Lipinski definition) is 9. The molecule has 164 valence electrons. The number of aromatic nitrogens is 2. The Hall–Kier alpha value is -4.81. The number of aromatic amines is 1. The quantitative estimate of drug-likeness (QED) is 0.305. The van der Waals surface area contributed by atoms with Crippen LogP contribution in [0.2, 0.25) is 0 Å². The molecule has 3 rings (SSSR count). The molecule has 2 N–H and O–H groups in total. The smallest absolute Gasteiger partial charge is 0.318 e. The third-order valence-electron chi connectivity index (χ3n) is 4.08. The summed E-state index contributed by atoms with van der Waals surface area (Å²) in [4.78, 5) is 32.6. The van der Waals surface area contributed by atoms with Crippen LogP contribution in [0.4, 0.5) is 11.4 Å². The number of non-ortho nitro benzene ring substituents is 1. The van der Waals surface area contributed by atoms with Gasteiger partial charge in [0.15, 0.2) is 17.2 Å². The lowest BCUT2D eigenvalue weighted by molar-refractivity contribution is -0.394. The molecule has 0 spiro atoms. The summed E-state index contributed by atoms with van der Waals surface area (Å²) >= 11 is 0. The van der Waals surface area contributed by atoms with E-state index in [0.29, 0.717) is 5.56 Å². The maximum atomic E-state index is 11.9. The number of nitro benzene ring substituents is 2. The van der Waals surface area contributed by atoms with Gasteiger partial charge in [0.25, 0.3) is 11.6 Å². The zero-order valence-electron chi connectivity index (χ0n) is 16.8. The molecule has 1 amide bonds. The molecule has 0 fully saturated rings. The number of rotatable bonds is 8. The molecule has 32 heavy (non-hydrogen) atoms. The summed E-state index contributed by atoms with van der Waals surface area (Å²) in [6.45, 7) is 1.76. The van der Waals surface area contributed by atoms with Gasteiger partial charge in [0.05, 0.1) is 29.2 Å². The maximum Gasteiger partial charge on any atom is 0.318 e. The number of nitrogens with zero attached hydrogens (tertiary/aromatic N) is 4. The zero-order valence-corrected chi connectivity index (χ0v) is 16.8. The molecule has 1 heterocycles. The molecule has 2 aromatic carbocycles. The van der Waals surface area contributed by atoms with Gasteiger partial charge in [-0.1, -0.05) is 0 Å². The van der Waals surface area contributed by atoms with Gasteiger partial charge in [-0.05, 0) is 42.8 Å². The van der Waals surface area contributed by atoms with Crippen molar-refractivity contribution in [2.45, 2.75) is 6.92 Å². The Balaban J connectivity index is 1.78. The fourth-order valence-corrected chi connectivity index (χ4v) is 2.57. The Bertz CT molecular complexity index is 1220. The molecule has 0 aliphatic heterocycles. The van der Waals surface area contributed by atoms with E-state index in [1.54, 1.807) is 19.1 Å². The Morgan fingerprint density at radius 2 is 1.84 bits per heavy atom. The van der Waals surface area contributed by atoms with Crippen molar-refractivity contribution in [3.63, 3.8) is 0 Å². The van der Waals surface area contributed by atoms with Gasteiger partial charge >= 0.3 is 5.69 Å². The van der Waals surface area contributed by atoms with E-state index in [-0.39, 0.29) is 22.9 Å². The molecule has 0 bridgehead atoms. The number of nitro groups is 2. The average Bonchev–Trinajstić information content (AvgIpc) is 3.21. The van der Waals surface area contributed by atoms with Gasteiger partial charge in [-0.15, -0.1) is 0 Å². The number of nitrogens with one attached hydrogen (secondary N) is 2. The molecule has 0 unspecified atom stereocenters. The molecule has 13 heteroatoms. The SMILES string of the molecule is COc1cc(C=NNC(=O)c2cc(C)[nH]n2)ccc1Oc1ccc([N+](=O)[O-])cc1[N+](=O)[O-]. The minimum Gasteiger partial charge on any atom is -0.493 e. The highest BCUT2D eigenvalue weighted by Gasteiger charge is 2.22. The highest BCUT2D eigenvalue weighted by atomic mass is 16.6. The van der Waals surface area contributed by atoms with Crippen molar-refractivity contribution in [3.8, 4) is 17.2 Å². The molecule has 0 radical (unpaired) electrons. The van der Waals surface area contributed by atoms with E-state index in [1.807, 2.05) is 0 Å². The van der Waals surface area contributed by atoms with Crippen LogP contribution < -0.4 is 14.9 Å². The number of ether oxygens (including phenoxy) is 2. The van der Waals surface area contributed by atoms with Gasteiger partial charge in [0.1, 0.15) is 0 Å². The fraction of sp³-hybridized carbons (Fsp3) is 0.105. The number of benzene rings is 2. The van der Waals surface area contributed by atoms with E-state index in [4.69, 9.17) is 9.47 Å². The van der Waals surface area contributed by atoms with Gasteiger partial charge in [-0.2, -0.15) is 10.2 Å². The largest absolute Gasteiger partial charge is 0.493 e. The highest BCUT2D eigenvalue weighted by Crippen LogP contribution is 2.38. The van der Waals surface area contributed by atoms with Gasteiger partial charge in [-0.25, -0.2) is 5.43 Å². The van der Waals surface area contributed by atoms with Crippen LogP contribution in [0.15, 0.2) is 47.6 Å². The third kappa shape index (κ3) is 5.02.